The lowest BCUT2D eigenvalue weighted by Crippen LogP contribution is -2.24. The Morgan fingerprint density at radius 3 is 1.94 bits per heavy atom. The molecule has 0 saturated carbocycles. The largest absolute Gasteiger partial charge is 0.378 e. The summed E-state index contributed by atoms with van der Waals surface area (Å²) in [4.78, 5) is 0. The van der Waals surface area contributed by atoms with Crippen molar-refractivity contribution in [1.29, 1.82) is 0 Å². The van der Waals surface area contributed by atoms with Gasteiger partial charge < -0.3 is 4.74 Å². The van der Waals surface area contributed by atoms with Crippen LogP contribution in [0.15, 0.2) is 12.2 Å². The number of hydrogen-bond acceptors (Lipinski definition) is 1. The molecule has 0 N–H and O–H groups in total. The van der Waals surface area contributed by atoms with Gasteiger partial charge in [0.25, 0.3) is 5.92 Å². The van der Waals surface area contributed by atoms with Crippen LogP contribution in [0, 0.1) is 11.3 Å². The van der Waals surface area contributed by atoms with E-state index in [1.54, 1.807) is 6.08 Å². The fourth-order valence-electron chi connectivity index (χ4n) is 0.959. The van der Waals surface area contributed by atoms with Gasteiger partial charge in [0.1, 0.15) is 0 Å². The van der Waals surface area contributed by atoms with Crippen LogP contribution in [0.3, 0.4) is 0 Å². The summed E-state index contributed by atoms with van der Waals surface area (Å²) in [5, 5.41) is 0. The molecule has 1 nitrogen and oxygen atoms in total. The number of rotatable bonds is 6. The Bertz CT molecular complexity index is 230. The van der Waals surface area contributed by atoms with Crippen molar-refractivity contribution in [2.24, 2.45) is 11.3 Å². The first-order chi connectivity index (χ1) is 7.07. The van der Waals surface area contributed by atoms with Gasteiger partial charge in [0.05, 0.1) is 12.7 Å². The van der Waals surface area contributed by atoms with Gasteiger partial charge in [-0.25, -0.2) is 8.78 Å². The van der Waals surface area contributed by atoms with E-state index < -0.39 is 11.8 Å². The second-order valence-corrected chi connectivity index (χ2v) is 5.51. The van der Waals surface area contributed by atoms with Gasteiger partial charge in [0.2, 0.25) is 0 Å². The van der Waals surface area contributed by atoms with Crippen LogP contribution < -0.4 is 0 Å². The number of alkyl halides is 2. The summed E-state index contributed by atoms with van der Waals surface area (Å²) in [5.74, 6) is -3.42. The van der Waals surface area contributed by atoms with Gasteiger partial charge in [-0.3, -0.25) is 0 Å². The fourth-order valence-corrected chi connectivity index (χ4v) is 0.959. The molecule has 0 amide bonds. The smallest absolute Gasteiger partial charge is 0.268 e. The van der Waals surface area contributed by atoms with Crippen molar-refractivity contribution in [3.05, 3.63) is 12.2 Å². The SMILES string of the molecule is CC(C)OCC(C)(C)C=CC(F)(F)C(C)C. The van der Waals surface area contributed by atoms with Gasteiger partial charge in [-0.1, -0.05) is 33.8 Å². The molecule has 0 bridgehead atoms. The molecule has 0 aromatic carbocycles. The number of halogens is 2. The molecule has 0 aliphatic carbocycles. The first-order valence-electron chi connectivity index (χ1n) is 5.76. The van der Waals surface area contributed by atoms with Crippen molar-refractivity contribution in [1.82, 2.24) is 0 Å². The Hall–Kier alpha value is -0.440. The highest BCUT2D eigenvalue weighted by Crippen LogP contribution is 2.28. The molecule has 0 saturated heterocycles. The van der Waals surface area contributed by atoms with E-state index in [1.807, 2.05) is 27.7 Å². The minimum Gasteiger partial charge on any atom is -0.378 e. The molecular formula is C13H24F2O. The number of allylic oxidation sites excluding steroid dienone is 1. The topological polar surface area (TPSA) is 9.23 Å². The molecule has 0 rings (SSSR count). The third kappa shape index (κ3) is 6.21. The van der Waals surface area contributed by atoms with Crippen LogP contribution in [0.1, 0.15) is 41.5 Å². The van der Waals surface area contributed by atoms with E-state index in [-0.39, 0.29) is 11.5 Å². The van der Waals surface area contributed by atoms with Crippen molar-refractivity contribution in [2.45, 2.75) is 53.6 Å². The molecule has 3 heteroatoms. The summed E-state index contributed by atoms with van der Waals surface area (Å²) in [6.07, 6.45) is 2.68. The molecule has 0 unspecified atom stereocenters. The number of ether oxygens (including phenoxy) is 1. The first kappa shape index (κ1) is 15.6. The van der Waals surface area contributed by atoms with E-state index in [1.165, 1.54) is 13.8 Å². The normalized spacial score (nSPS) is 14.4. The van der Waals surface area contributed by atoms with Gasteiger partial charge >= 0.3 is 0 Å². The highest BCUT2D eigenvalue weighted by atomic mass is 19.3. The van der Waals surface area contributed by atoms with Crippen molar-refractivity contribution >= 4 is 0 Å². The summed E-state index contributed by atoms with van der Waals surface area (Å²) in [6, 6.07) is 0. The Labute approximate surface area is 97.9 Å². The molecule has 0 spiro atoms. The minimum absolute atomic E-state index is 0.123. The summed E-state index contributed by atoms with van der Waals surface area (Å²) in [6.45, 7) is 11.1. The molecule has 0 heterocycles. The summed E-state index contributed by atoms with van der Waals surface area (Å²) in [7, 11) is 0. The van der Waals surface area contributed by atoms with Crippen molar-refractivity contribution in [2.75, 3.05) is 6.61 Å². The lowest BCUT2D eigenvalue weighted by Gasteiger charge is -2.24. The maximum absolute atomic E-state index is 13.3. The average molecular weight is 234 g/mol. The zero-order valence-corrected chi connectivity index (χ0v) is 11.2. The zero-order valence-electron chi connectivity index (χ0n) is 11.2. The quantitative estimate of drug-likeness (QED) is 0.623. The van der Waals surface area contributed by atoms with Gasteiger partial charge in [0, 0.05) is 11.3 Å². The summed E-state index contributed by atoms with van der Waals surface area (Å²) < 4.78 is 32.1. The van der Waals surface area contributed by atoms with E-state index in [4.69, 9.17) is 4.74 Å². The maximum atomic E-state index is 13.3. The van der Waals surface area contributed by atoms with Crippen LogP contribution in [-0.2, 0) is 4.74 Å². The molecule has 0 atom stereocenters. The average Bonchev–Trinajstić information content (AvgIpc) is 2.12. The number of hydrogen-bond donors (Lipinski definition) is 0. The molecule has 0 aromatic rings. The van der Waals surface area contributed by atoms with E-state index in [9.17, 15) is 8.78 Å². The third-order valence-electron chi connectivity index (χ3n) is 2.32. The second-order valence-electron chi connectivity index (χ2n) is 5.51. The highest BCUT2D eigenvalue weighted by Gasteiger charge is 2.30. The van der Waals surface area contributed by atoms with Crippen LogP contribution in [-0.4, -0.2) is 18.6 Å². The van der Waals surface area contributed by atoms with Gasteiger partial charge in [-0.15, -0.1) is 0 Å². The standard InChI is InChI=1S/C13H24F2O/c1-10(2)13(14,15)8-7-12(5,6)9-16-11(3)4/h7-8,10-11H,9H2,1-6H3. The van der Waals surface area contributed by atoms with Crippen LogP contribution in [0.5, 0.6) is 0 Å². The van der Waals surface area contributed by atoms with Crippen LogP contribution in [0.4, 0.5) is 8.78 Å². The predicted molar refractivity (Wildman–Crippen MR) is 63.8 cm³/mol. The van der Waals surface area contributed by atoms with E-state index in [0.29, 0.717) is 6.61 Å². The third-order valence-corrected chi connectivity index (χ3v) is 2.32. The molecule has 0 aliphatic rings. The Morgan fingerprint density at radius 1 is 1.06 bits per heavy atom. The van der Waals surface area contributed by atoms with Crippen molar-refractivity contribution in [3.63, 3.8) is 0 Å². The van der Waals surface area contributed by atoms with Gasteiger partial charge in [0.15, 0.2) is 0 Å². The van der Waals surface area contributed by atoms with Crippen molar-refractivity contribution in [3.8, 4) is 0 Å². The summed E-state index contributed by atoms with van der Waals surface area (Å²) in [5.41, 5.74) is -0.359. The molecule has 16 heavy (non-hydrogen) atoms. The second kappa shape index (κ2) is 5.76. The Balaban J connectivity index is 4.40. The zero-order chi connectivity index (χ0) is 13.0. The van der Waals surface area contributed by atoms with Crippen molar-refractivity contribution < 1.29 is 13.5 Å². The Kier molecular flexibility index (Phi) is 5.60. The molecular weight excluding hydrogens is 210 g/mol. The molecule has 0 radical (unpaired) electrons. The molecule has 0 aromatic heterocycles. The highest BCUT2D eigenvalue weighted by molar-refractivity contribution is 5.03. The summed E-state index contributed by atoms with van der Waals surface area (Å²) >= 11 is 0. The van der Waals surface area contributed by atoms with Gasteiger partial charge in [-0.05, 0) is 19.9 Å². The van der Waals surface area contributed by atoms with E-state index in [2.05, 4.69) is 0 Å². The van der Waals surface area contributed by atoms with Crippen LogP contribution in [0.2, 0.25) is 0 Å². The van der Waals surface area contributed by atoms with Crippen LogP contribution in [0.25, 0.3) is 0 Å². The molecule has 0 fully saturated rings. The Morgan fingerprint density at radius 2 is 1.56 bits per heavy atom. The molecule has 96 valence electrons. The lowest BCUT2D eigenvalue weighted by molar-refractivity contribution is 0.00320. The van der Waals surface area contributed by atoms with E-state index >= 15 is 0 Å². The molecule has 0 aliphatic heterocycles. The fraction of sp³-hybridized carbons (Fsp3) is 0.846. The van der Waals surface area contributed by atoms with Gasteiger partial charge in [-0.2, -0.15) is 0 Å². The maximum Gasteiger partial charge on any atom is 0.268 e. The van der Waals surface area contributed by atoms with E-state index in [0.717, 1.165) is 6.08 Å². The monoisotopic (exact) mass is 234 g/mol. The minimum atomic E-state index is -2.74. The first-order valence-corrected chi connectivity index (χ1v) is 5.76. The predicted octanol–water partition coefficient (Wildman–Crippen LogP) is 4.29. The lowest BCUT2D eigenvalue weighted by atomic mass is 9.92. The van der Waals surface area contributed by atoms with Crippen LogP contribution >= 0.6 is 0 Å².